The van der Waals surface area contributed by atoms with Gasteiger partial charge in [0.1, 0.15) is 0 Å². The third-order valence-electron chi connectivity index (χ3n) is 4.39. The molecule has 0 radical (unpaired) electrons. The largest absolute Gasteiger partial charge is 0.324 e. The van der Waals surface area contributed by atoms with E-state index in [1.807, 2.05) is 17.5 Å². The molecule has 0 spiro atoms. The van der Waals surface area contributed by atoms with Crippen molar-refractivity contribution in [2.75, 3.05) is 5.32 Å². The maximum Gasteiger partial charge on any atom is 0.271 e. The maximum absolute atomic E-state index is 12.6. The molecule has 8 nitrogen and oxygen atoms in total. The van der Waals surface area contributed by atoms with Crippen LogP contribution in [0.5, 0.6) is 0 Å². The van der Waals surface area contributed by atoms with Crippen LogP contribution in [0.1, 0.15) is 25.8 Å². The number of thioether (sulfide) groups is 1. The molecule has 1 unspecified atom stereocenters. The van der Waals surface area contributed by atoms with Crippen molar-refractivity contribution in [3.63, 3.8) is 0 Å². The Hall–Kier alpha value is -2.43. The minimum absolute atomic E-state index is 0.117. The van der Waals surface area contributed by atoms with Gasteiger partial charge in [-0.25, -0.2) is 0 Å². The van der Waals surface area contributed by atoms with Gasteiger partial charge in [0.2, 0.25) is 5.91 Å². The fourth-order valence-electron chi connectivity index (χ4n) is 2.76. The molecular weight excluding hydrogens is 434 g/mol. The van der Waals surface area contributed by atoms with E-state index in [1.54, 1.807) is 18.3 Å². The molecule has 3 aromatic rings. The molecule has 1 amide bonds. The smallest absolute Gasteiger partial charge is 0.271 e. The number of aromatic nitrogens is 3. The number of non-ortho nitro benzene ring substituents is 1. The number of hydrogen-bond donors (Lipinski definition) is 1. The number of anilines is 1. The highest BCUT2D eigenvalue weighted by atomic mass is 35.5. The summed E-state index contributed by atoms with van der Waals surface area (Å²) in [6.07, 6.45) is 2.14. The van der Waals surface area contributed by atoms with Crippen LogP contribution < -0.4 is 5.32 Å². The molecule has 0 saturated heterocycles. The molecule has 1 fully saturated rings. The van der Waals surface area contributed by atoms with Crippen LogP contribution in [0.25, 0.3) is 10.7 Å². The lowest BCUT2D eigenvalue weighted by Crippen LogP contribution is -2.23. The molecule has 2 heterocycles. The van der Waals surface area contributed by atoms with E-state index in [-0.39, 0.29) is 16.6 Å². The maximum atomic E-state index is 12.6. The zero-order valence-electron chi connectivity index (χ0n) is 15.2. The van der Waals surface area contributed by atoms with Gasteiger partial charge in [0.15, 0.2) is 11.0 Å². The van der Waals surface area contributed by atoms with Crippen LogP contribution in [-0.4, -0.2) is 30.8 Å². The Morgan fingerprint density at radius 2 is 2.21 bits per heavy atom. The SMILES string of the molecule is CC(Sc1nnc(-c2cccs2)n1C1CC1)C(=O)Nc1ccc([N+](=O)[O-])cc1Cl. The van der Waals surface area contributed by atoms with E-state index in [1.165, 1.54) is 30.0 Å². The quantitative estimate of drug-likeness (QED) is 0.308. The normalized spacial score (nSPS) is 14.6. The van der Waals surface area contributed by atoms with Gasteiger partial charge in [-0.1, -0.05) is 29.4 Å². The topological polar surface area (TPSA) is 103 Å². The number of nitro groups is 1. The van der Waals surface area contributed by atoms with E-state index in [2.05, 4.69) is 20.1 Å². The summed E-state index contributed by atoms with van der Waals surface area (Å²) in [5.41, 5.74) is 0.201. The zero-order chi connectivity index (χ0) is 20.5. The van der Waals surface area contributed by atoms with Gasteiger partial charge >= 0.3 is 0 Å². The molecule has 1 aromatic carbocycles. The molecule has 4 rings (SSSR count). The molecule has 1 saturated carbocycles. The highest BCUT2D eigenvalue weighted by Gasteiger charge is 2.32. The van der Waals surface area contributed by atoms with Crippen molar-refractivity contribution in [3.8, 4) is 10.7 Å². The van der Waals surface area contributed by atoms with E-state index in [0.29, 0.717) is 16.9 Å². The third-order valence-corrected chi connectivity index (χ3v) is 6.63. The second-order valence-electron chi connectivity index (χ2n) is 6.56. The van der Waals surface area contributed by atoms with Crippen LogP contribution in [0.3, 0.4) is 0 Å². The van der Waals surface area contributed by atoms with Crippen molar-refractivity contribution < 1.29 is 9.72 Å². The number of halogens is 1. The summed E-state index contributed by atoms with van der Waals surface area (Å²) in [7, 11) is 0. The third kappa shape index (κ3) is 4.29. The first-order valence-corrected chi connectivity index (χ1v) is 11.0. The predicted octanol–water partition coefficient (Wildman–Crippen LogP) is 5.02. The van der Waals surface area contributed by atoms with Crippen LogP contribution in [0, 0.1) is 10.1 Å². The second-order valence-corrected chi connectivity index (χ2v) is 9.22. The van der Waals surface area contributed by atoms with E-state index < -0.39 is 10.2 Å². The highest BCUT2D eigenvalue weighted by Crippen LogP contribution is 2.42. The molecule has 1 N–H and O–H groups in total. The predicted molar refractivity (Wildman–Crippen MR) is 114 cm³/mol. The average Bonchev–Trinajstić information content (AvgIpc) is 3.21. The average molecular weight is 450 g/mol. The summed E-state index contributed by atoms with van der Waals surface area (Å²) in [5, 5.41) is 24.6. The van der Waals surface area contributed by atoms with Gasteiger partial charge in [0, 0.05) is 18.2 Å². The van der Waals surface area contributed by atoms with Crippen molar-refractivity contribution in [1.29, 1.82) is 0 Å². The minimum atomic E-state index is -0.536. The standard InChI is InChI=1S/C18H16ClN5O3S2/c1-10(17(25)20-14-7-6-12(24(26)27)9-13(14)19)29-18-22-21-16(15-3-2-8-28-15)23(18)11-4-5-11/h2-3,6-11H,4-5H2,1H3,(H,20,25). The molecule has 2 aromatic heterocycles. The summed E-state index contributed by atoms with van der Waals surface area (Å²) >= 11 is 9.00. The van der Waals surface area contributed by atoms with Crippen LogP contribution >= 0.6 is 34.7 Å². The monoisotopic (exact) mass is 449 g/mol. The van der Waals surface area contributed by atoms with E-state index in [9.17, 15) is 14.9 Å². The van der Waals surface area contributed by atoms with Gasteiger partial charge < -0.3 is 5.32 Å². The Balaban J connectivity index is 1.49. The molecular formula is C18H16ClN5O3S2. The number of nitrogens with zero attached hydrogens (tertiary/aromatic N) is 4. The Labute approximate surface area is 179 Å². The Bertz CT molecular complexity index is 1070. The van der Waals surface area contributed by atoms with E-state index >= 15 is 0 Å². The molecule has 11 heteroatoms. The van der Waals surface area contributed by atoms with Crippen molar-refractivity contribution >= 4 is 52.0 Å². The first kappa shape index (κ1) is 19.9. The summed E-state index contributed by atoms with van der Waals surface area (Å²) in [5.74, 6) is 0.560. The Morgan fingerprint density at radius 3 is 2.83 bits per heavy atom. The lowest BCUT2D eigenvalue weighted by Gasteiger charge is -2.13. The number of hydrogen-bond acceptors (Lipinski definition) is 7. The van der Waals surface area contributed by atoms with E-state index in [0.717, 1.165) is 23.5 Å². The number of amides is 1. The number of nitro benzene ring substituents is 1. The first-order valence-electron chi connectivity index (χ1n) is 8.84. The highest BCUT2D eigenvalue weighted by molar-refractivity contribution is 8.00. The van der Waals surface area contributed by atoms with Crippen LogP contribution in [0.2, 0.25) is 5.02 Å². The first-order chi connectivity index (χ1) is 13.9. The van der Waals surface area contributed by atoms with Gasteiger partial charge in [-0.2, -0.15) is 0 Å². The number of carbonyl (C=O) groups excluding carboxylic acids is 1. The van der Waals surface area contributed by atoms with Gasteiger partial charge in [-0.05, 0) is 37.3 Å². The Morgan fingerprint density at radius 1 is 1.41 bits per heavy atom. The molecule has 0 bridgehead atoms. The molecule has 29 heavy (non-hydrogen) atoms. The van der Waals surface area contributed by atoms with Crippen LogP contribution in [0.15, 0.2) is 40.9 Å². The molecule has 1 atom stereocenters. The summed E-state index contributed by atoms with van der Waals surface area (Å²) in [6.45, 7) is 1.77. The Kier molecular flexibility index (Phi) is 5.57. The summed E-state index contributed by atoms with van der Waals surface area (Å²) in [4.78, 5) is 24.0. The van der Waals surface area contributed by atoms with Gasteiger partial charge in [0.25, 0.3) is 5.69 Å². The molecule has 1 aliphatic carbocycles. The van der Waals surface area contributed by atoms with E-state index in [4.69, 9.17) is 11.6 Å². The van der Waals surface area contributed by atoms with Crippen molar-refractivity contribution in [1.82, 2.24) is 14.8 Å². The number of nitrogens with one attached hydrogen (secondary N) is 1. The fourth-order valence-corrected chi connectivity index (χ4v) is 4.60. The lowest BCUT2D eigenvalue weighted by atomic mass is 10.2. The van der Waals surface area contributed by atoms with Crippen LogP contribution in [0.4, 0.5) is 11.4 Å². The number of rotatable bonds is 7. The number of thiophene rings is 1. The number of carbonyl (C=O) groups is 1. The van der Waals surface area contributed by atoms with Gasteiger partial charge in [-0.3, -0.25) is 19.5 Å². The summed E-state index contributed by atoms with van der Waals surface area (Å²) in [6, 6.07) is 8.29. The second kappa shape index (κ2) is 8.13. The van der Waals surface area contributed by atoms with Crippen molar-refractivity contribution in [2.24, 2.45) is 0 Å². The lowest BCUT2D eigenvalue weighted by molar-refractivity contribution is -0.384. The van der Waals surface area contributed by atoms with Crippen molar-refractivity contribution in [2.45, 2.75) is 36.2 Å². The van der Waals surface area contributed by atoms with Gasteiger partial charge in [0.05, 0.1) is 25.8 Å². The van der Waals surface area contributed by atoms with Crippen molar-refractivity contribution in [3.05, 3.63) is 50.8 Å². The molecule has 150 valence electrons. The fraction of sp³-hybridized carbons (Fsp3) is 0.278. The minimum Gasteiger partial charge on any atom is -0.324 e. The molecule has 1 aliphatic rings. The zero-order valence-corrected chi connectivity index (χ0v) is 17.6. The van der Waals surface area contributed by atoms with Gasteiger partial charge in [-0.15, -0.1) is 21.5 Å². The van der Waals surface area contributed by atoms with Crippen LogP contribution in [-0.2, 0) is 4.79 Å². The molecule has 0 aliphatic heterocycles. The number of benzene rings is 1. The summed E-state index contributed by atoms with van der Waals surface area (Å²) < 4.78 is 2.11.